The number of amides is 1. The summed E-state index contributed by atoms with van der Waals surface area (Å²) < 4.78 is 0. The van der Waals surface area contributed by atoms with E-state index in [-0.39, 0.29) is 30.5 Å². The van der Waals surface area contributed by atoms with Gasteiger partial charge < -0.3 is 15.4 Å². The molecule has 1 atom stereocenters. The molecule has 0 aliphatic carbocycles. The molecule has 19 heavy (non-hydrogen) atoms. The summed E-state index contributed by atoms with van der Waals surface area (Å²) in [4.78, 5) is 30.2. The summed E-state index contributed by atoms with van der Waals surface area (Å²) in [5.74, 6) is 0.451. The van der Waals surface area contributed by atoms with Gasteiger partial charge in [0.1, 0.15) is 5.82 Å². The predicted octanol–water partition coefficient (Wildman–Crippen LogP) is 0.206. The van der Waals surface area contributed by atoms with Gasteiger partial charge in [-0.3, -0.25) is 9.59 Å². The van der Waals surface area contributed by atoms with Gasteiger partial charge in [0, 0.05) is 30.3 Å². The van der Waals surface area contributed by atoms with E-state index in [4.69, 9.17) is 5.11 Å². The number of aromatic nitrogens is 2. The van der Waals surface area contributed by atoms with Gasteiger partial charge in [0.2, 0.25) is 5.91 Å². The van der Waals surface area contributed by atoms with E-state index in [0.29, 0.717) is 29.9 Å². The number of nitrogens with one attached hydrogen (secondary N) is 2. The van der Waals surface area contributed by atoms with Crippen LogP contribution in [0, 0.1) is 13.8 Å². The molecule has 0 bridgehead atoms. The highest BCUT2D eigenvalue weighted by Crippen LogP contribution is 2.03. The first kappa shape index (κ1) is 15.4. The molecule has 0 saturated heterocycles. The summed E-state index contributed by atoms with van der Waals surface area (Å²) in [6.45, 7) is 5.37. The maximum atomic E-state index is 11.7. The third-order valence-electron chi connectivity index (χ3n) is 2.91. The van der Waals surface area contributed by atoms with Crippen molar-refractivity contribution in [3.63, 3.8) is 0 Å². The number of aliphatic hydroxyl groups excluding tert-OH is 1. The van der Waals surface area contributed by atoms with Crippen LogP contribution in [-0.2, 0) is 11.2 Å². The molecule has 1 rings (SSSR count). The summed E-state index contributed by atoms with van der Waals surface area (Å²) in [6, 6.07) is -0.0620. The van der Waals surface area contributed by atoms with Crippen molar-refractivity contribution < 1.29 is 9.90 Å². The molecular formula is C13H21N3O3. The molecule has 0 fully saturated rings. The van der Waals surface area contributed by atoms with E-state index < -0.39 is 0 Å². The number of aliphatic hydroxyl groups is 1. The van der Waals surface area contributed by atoms with Crippen LogP contribution in [0.4, 0.5) is 0 Å². The monoisotopic (exact) mass is 267 g/mol. The van der Waals surface area contributed by atoms with E-state index in [1.165, 1.54) is 0 Å². The maximum absolute atomic E-state index is 11.7. The van der Waals surface area contributed by atoms with E-state index in [1.807, 2.05) is 6.92 Å². The van der Waals surface area contributed by atoms with Crippen LogP contribution < -0.4 is 10.9 Å². The molecule has 6 heteroatoms. The van der Waals surface area contributed by atoms with Gasteiger partial charge in [-0.1, -0.05) is 0 Å². The van der Waals surface area contributed by atoms with E-state index in [0.717, 1.165) is 0 Å². The molecule has 6 nitrogen and oxygen atoms in total. The van der Waals surface area contributed by atoms with Crippen molar-refractivity contribution in [2.75, 3.05) is 6.61 Å². The Morgan fingerprint density at radius 3 is 2.74 bits per heavy atom. The van der Waals surface area contributed by atoms with Crippen molar-refractivity contribution in [3.8, 4) is 0 Å². The Morgan fingerprint density at radius 2 is 2.16 bits per heavy atom. The Bertz CT molecular complexity index is 496. The second-order valence-corrected chi connectivity index (χ2v) is 4.70. The van der Waals surface area contributed by atoms with E-state index in [2.05, 4.69) is 15.3 Å². The molecule has 1 aromatic heterocycles. The van der Waals surface area contributed by atoms with Crippen molar-refractivity contribution in [1.29, 1.82) is 0 Å². The summed E-state index contributed by atoms with van der Waals surface area (Å²) in [5, 5.41) is 11.5. The zero-order valence-corrected chi connectivity index (χ0v) is 11.6. The molecule has 1 aromatic rings. The first-order chi connectivity index (χ1) is 8.93. The van der Waals surface area contributed by atoms with Gasteiger partial charge in [0.25, 0.3) is 5.56 Å². The number of carbonyl (C=O) groups is 1. The molecule has 3 N–H and O–H groups in total. The molecule has 0 aliphatic rings. The normalized spacial score (nSPS) is 12.2. The minimum Gasteiger partial charge on any atom is -0.396 e. The smallest absolute Gasteiger partial charge is 0.254 e. The molecule has 0 spiro atoms. The quantitative estimate of drug-likeness (QED) is 0.686. The van der Waals surface area contributed by atoms with E-state index in [9.17, 15) is 9.59 Å². The van der Waals surface area contributed by atoms with Crippen molar-refractivity contribution in [2.45, 2.75) is 46.1 Å². The molecule has 0 aromatic carbocycles. The van der Waals surface area contributed by atoms with Gasteiger partial charge in [0.15, 0.2) is 0 Å². The number of nitrogens with zero attached hydrogens (tertiary/aromatic N) is 1. The number of aryl methyl sites for hydroxylation is 2. The zero-order valence-electron chi connectivity index (χ0n) is 11.6. The highest BCUT2D eigenvalue weighted by molar-refractivity contribution is 5.76. The van der Waals surface area contributed by atoms with Crippen LogP contribution in [0.25, 0.3) is 0 Å². The van der Waals surface area contributed by atoms with Crippen molar-refractivity contribution >= 4 is 5.91 Å². The molecular weight excluding hydrogens is 246 g/mol. The van der Waals surface area contributed by atoms with E-state index >= 15 is 0 Å². The first-order valence-electron chi connectivity index (χ1n) is 6.40. The van der Waals surface area contributed by atoms with Crippen LogP contribution >= 0.6 is 0 Å². The molecule has 1 unspecified atom stereocenters. The van der Waals surface area contributed by atoms with Crippen LogP contribution in [0.15, 0.2) is 4.79 Å². The highest BCUT2D eigenvalue weighted by Gasteiger charge is 2.11. The largest absolute Gasteiger partial charge is 0.396 e. The average molecular weight is 267 g/mol. The van der Waals surface area contributed by atoms with Crippen LogP contribution in [0.1, 0.15) is 36.8 Å². The van der Waals surface area contributed by atoms with Crippen LogP contribution in [0.2, 0.25) is 0 Å². The van der Waals surface area contributed by atoms with Crippen molar-refractivity contribution in [1.82, 2.24) is 15.3 Å². The molecule has 0 aliphatic heterocycles. The Labute approximate surface area is 112 Å². The molecule has 0 radical (unpaired) electrons. The number of carbonyl (C=O) groups excluding carboxylic acids is 1. The summed E-state index contributed by atoms with van der Waals surface area (Å²) >= 11 is 0. The lowest BCUT2D eigenvalue weighted by Gasteiger charge is -2.12. The van der Waals surface area contributed by atoms with Gasteiger partial charge in [0.05, 0.1) is 0 Å². The predicted molar refractivity (Wildman–Crippen MR) is 72.0 cm³/mol. The standard InChI is InChI=1S/C13H21N3O3/c1-8(6-7-17)14-12(18)5-4-11-9(2)15-10(3)16-13(11)19/h8,17H,4-7H2,1-3H3,(H,14,18)(H,15,16,19). The second kappa shape index (κ2) is 7.04. The van der Waals surface area contributed by atoms with Crippen molar-refractivity contribution in [2.24, 2.45) is 0 Å². The van der Waals surface area contributed by atoms with Gasteiger partial charge in [-0.25, -0.2) is 4.98 Å². The number of hydrogen-bond donors (Lipinski definition) is 3. The molecule has 106 valence electrons. The van der Waals surface area contributed by atoms with Gasteiger partial charge in [-0.2, -0.15) is 0 Å². The number of H-pyrrole nitrogens is 1. The number of rotatable bonds is 6. The molecule has 1 amide bonds. The topological polar surface area (TPSA) is 95.1 Å². The van der Waals surface area contributed by atoms with Gasteiger partial charge in [-0.15, -0.1) is 0 Å². The van der Waals surface area contributed by atoms with Crippen LogP contribution in [-0.4, -0.2) is 33.6 Å². The summed E-state index contributed by atoms with van der Waals surface area (Å²) in [7, 11) is 0. The number of hydrogen-bond acceptors (Lipinski definition) is 4. The lowest BCUT2D eigenvalue weighted by Crippen LogP contribution is -2.33. The fourth-order valence-electron chi connectivity index (χ4n) is 1.90. The third-order valence-corrected chi connectivity index (χ3v) is 2.91. The SMILES string of the molecule is Cc1nc(C)c(CCC(=O)NC(C)CCO)c(=O)[nH]1. The van der Waals surface area contributed by atoms with Gasteiger partial charge in [-0.05, 0) is 33.6 Å². The highest BCUT2D eigenvalue weighted by atomic mass is 16.3. The minimum atomic E-state index is -0.179. The summed E-state index contributed by atoms with van der Waals surface area (Å²) in [5.41, 5.74) is 1.04. The zero-order chi connectivity index (χ0) is 14.4. The van der Waals surface area contributed by atoms with Crippen LogP contribution in [0.5, 0.6) is 0 Å². The summed E-state index contributed by atoms with van der Waals surface area (Å²) in [6.07, 6.45) is 1.13. The fourth-order valence-corrected chi connectivity index (χ4v) is 1.90. The lowest BCUT2D eigenvalue weighted by atomic mass is 10.1. The Hall–Kier alpha value is -1.69. The lowest BCUT2D eigenvalue weighted by molar-refractivity contribution is -0.121. The minimum absolute atomic E-state index is 0.0438. The Morgan fingerprint density at radius 1 is 1.47 bits per heavy atom. The average Bonchev–Trinajstić information content (AvgIpc) is 2.27. The van der Waals surface area contributed by atoms with Crippen LogP contribution in [0.3, 0.4) is 0 Å². The molecule has 1 heterocycles. The fraction of sp³-hybridized carbons (Fsp3) is 0.615. The third kappa shape index (κ3) is 4.82. The second-order valence-electron chi connectivity index (χ2n) is 4.70. The van der Waals surface area contributed by atoms with Gasteiger partial charge >= 0.3 is 0 Å². The van der Waals surface area contributed by atoms with E-state index in [1.54, 1.807) is 13.8 Å². The first-order valence-corrected chi connectivity index (χ1v) is 6.40. The Balaban J connectivity index is 2.58. The van der Waals surface area contributed by atoms with Crippen molar-refractivity contribution in [3.05, 3.63) is 27.4 Å². The molecule has 0 saturated carbocycles. The maximum Gasteiger partial charge on any atom is 0.254 e. The Kier molecular flexibility index (Phi) is 5.69. The number of aromatic amines is 1.